The second-order valence-electron chi connectivity index (χ2n) is 7.32. The molecular weight excluding hydrogens is 410 g/mol. The second kappa shape index (κ2) is 9.51. The van der Waals surface area contributed by atoms with Crippen molar-refractivity contribution >= 4 is 28.6 Å². The van der Waals surface area contributed by atoms with E-state index < -0.39 is 5.97 Å². The monoisotopic (exact) mass is 433 g/mol. The van der Waals surface area contributed by atoms with E-state index in [9.17, 15) is 14.4 Å². The molecule has 7 nitrogen and oxygen atoms in total. The molecule has 0 N–H and O–H groups in total. The number of benzene rings is 3. The van der Waals surface area contributed by atoms with Crippen molar-refractivity contribution in [1.29, 1.82) is 0 Å². The van der Waals surface area contributed by atoms with Crippen molar-refractivity contribution < 1.29 is 28.6 Å². The van der Waals surface area contributed by atoms with Crippen molar-refractivity contribution in [3.8, 4) is 11.5 Å². The van der Waals surface area contributed by atoms with Crippen molar-refractivity contribution in [2.45, 2.75) is 12.8 Å². The third kappa shape index (κ3) is 4.42. The lowest BCUT2D eigenvalue weighted by atomic mass is 9.94. The van der Waals surface area contributed by atoms with Gasteiger partial charge in [0.1, 0.15) is 24.7 Å². The molecule has 0 atom stereocenters. The van der Waals surface area contributed by atoms with E-state index >= 15 is 0 Å². The van der Waals surface area contributed by atoms with E-state index in [0.717, 1.165) is 11.1 Å². The van der Waals surface area contributed by atoms with Crippen LogP contribution < -0.4 is 9.47 Å². The zero-order valence-electron chi connectivity index (χ0n) is 17.7. The van der Waals surface area contributed by atoms with Crippen molar-refractivity contribution in [3.63, 3.8) is 0 Å². The number of carbonyl (C=O) groups is 3. The highest BCUT2D eigenvalue weighted by Gasteiger charge is 2.32. The number of esters is 1. The first-order chi connectivity index (χ1) is 15.6. The normalized spacial score (nSPS) is 12.7. The van der Waals surface area contributed by atoms with Crippen LogP contribution in [0.15, 0.2) is 60.7 Å². The van der Waals surface area contributed by atoms with Gasteiger partial charge in [0, 0.05) is 29.5 Å². The van der Waals surface area contributed by atoms with Crippen LogP contribution >= 0.6 is 0 Å². The molecule has 0 spiro atoms. The quantitative estimate of drug-likeness (QED) is 0.290. The van der Waals surface area contributed by atoms with Gasteiger partial charge in [-0.2, -0.15) is 0 Å². The number of methoxy groups -OCH3 is 1. The van der Waals surface area contributed by atoms with Gasteiger partial charge in [-0.15, -0.1) is 0 Å². The lowest BCUT2D eigenvalue weighted by Crippen LogP contribution is -2.41. The van der Waals surface area contributed by atoms with Crippen LogP contribution in [0.5, 0.6) is 11.5 Å². The number of imide groups is 1. The topological polar surface area (TPSA) is 82.1 Å². The predicted octanol–water partition coefficient (Wildman–Crippen LogP) is 3.85. The maximum atomic E-state index is 12.8. The Kier molecular flexibility index (Phi) is 6.35. The average molecular weight is 433 g/mol. The number of amides is 2. The van der Waals surface area contributed by atoms with Gasteiger partial charge in [0.15, 0.2) is 0 Å². The molecule has 3 aromatic carbocycles. The number of rotatable bonds is 9. The van der Waals surface area contributed by atoms with Crippen molar-refractivity contribution in [1.82, 2.24) is 4.90 Å². The van der Waals surface area contributed by atoms with E-state index in [1.54, 1.807) is 55.6 Å². The molecule has 1 aliphatic rings. The van der Waals surface area contributed by atoms with Crippen molar-refractivity contribution in [2.24, 2.45) is 0 Å². The van der Waals surface area contributed by atoms with Crippen molar-refractivity contribution in [3.05, 3.63) is 71.8 Å². The molecule has 0 aliphatic carbocycles. The average Bonchev–Trinajstić information content (AvgIpc) is 2.82. The highest BCUT2D eigenvalue weighted by molar-refractivity contribution is 6.25. The molecule has 164 valence electrons. The Morgan fingerprint density at radius 3 is 2.09 bits per heavy atom. The number of ether oxygens (including phenoxy) is 3. The van der Waals surface area contributed by atoms with Gasteiger partial charge in [0.25, 0.3) is 11.8 Å². The molecule has 0 aromatic heterocycles. The first-order valence-corrected chi connectivity index (χ1v) is 10.4. The zero-order chi connectivity index (χ0) is 22.5. The maximum Gasteiger partial charge on any atom is 0.305 e. The van der Waals surface area contributed by atoms with Crippen LogP contribution in [0.25, 0.3) is 10.8 Å². The van der Waals surface area contributed by atoms with Gasteiger partial charge in [0.2, 0.25) is 0 Å². The fourth-order valence-electron chi connectivity index (χ4n) is 3.72. The van der Waals surface area contributed by atoms with E-state index in [1.165, 1.54) is 4.90 Å². The third-order valence-electron chi connectivity index (χ3n) is 5.29. The van der Waals surface area contributed by atoms with Gasteiger partial charge in [-0.3, -0.25) is 19.3 Å². The van der Waals surface area contributed by atoms with Gasteiger partial charge in [-0.05, 0) is 48.2 Å². The molecule has 1 aliphatic heterocycles. The predicted molar refractivity (Wildman–Crippen MR) is 118 cm³/mol. The smallest absolute Gasteiger partial charge is 0.305 e. The summed E-state index contributed by atoms with van der Waals surface area (Å²) in [5, 5.41) is 1.55. The minimum absolute atomic E-state index is 0.103. The number of hydrogen-bond acceptors (Lipinski definition) is 6. The molecule has 3 aromatic rings. The Labute approximate surface area is 185 Å². The highest BCUT2D eigenvalue weighted by atomic mass is 16.6. The van der Waals surface area contributed by atoms with E-state index in [4.69, 9.17) is 14.2 Å². The van der Waals surface area contributed by atoms with Crippen LogP contribution in [-0.4, -0.2) is 49.6 Å². The van der Waals surface area contributed by atoms with E-state index in [2.05, 4.69) is 0 Å². The molecule has 32 heavy (non-hydrogen) atoms. The van der Waals surface area contributed by atoms with Crippen LogP contribution in [0.4, 0.5) is 0 Å². The Morgan fingerprint density at radius 2 is 1.47 bits per heavy atom. The maximum absolute atomic E-state index is 12.8. The Morgan fingerprint density at radius 1 is 0.844 bits per heavy atom. The summed E-state index contributed by atoms with van der Waals surface area (Å²) >= 11 is 0. The lowest BCUT2D eigenvalue weighted by Gasteiger charge is -2.27. The Balaban J connectivity index is 1.24. The van der Waals surface area contributed by atoms with Gasteiger partial charge in [-0.25, -0.2) is 0 Å². The molecule has 0 saturated carbocycles. The van der Waals surface area contributed by atoms with Gasteiger partial charge < -0.3 is 14.2 Å². The Bertz CT molecular complexity index is 1100. The number of nitrogens with zero attached hydrogens (tertiary/aromatic N) is 1. The molecule has 0 fully saturated rings. The summed E-state index contributed by atoms with van der Waals surface area (Å²) in [6.07, 6.45) is 0.430. The summed E-state index contributed by atoms with van der Waals surface area (Å²) in [6, 6.07) is 17.9. The zero-order valence-corrected chi connectivity index (χ0v) is 17.7. The first-order valence-electron chi connectivity index (χ1n) is 10.4. The van der Waals surface area contributed by atoms with Crippen LogP contribution in [0.2, 0.25) is 0 Å². The summed E-state index contributed by atoms with van der Waals surface area (Å²) in [7, 11) is 1.59. The largest absolute Gasteiger partial charge is 0.497 e. The molecule has 1 heterocycles. The Hall–Kier alpha value is -3.87. The van der Waals surface area contributed by atoms with E-state index in [-0.39, 0.29) is 38.0 Å². The van der Waals surface area contributed by atoms with E-state index in [1.807, 2.05) is 12.1 Å². The molecule has 0 saturated heterocycles. The molecule has 2 amide bonds. The number of carbonyl (C=O) groups excluding carboxylic acids is 3. The molecule has 0 bridgehead atoms. The summed E-state index contributed by atoms with van der Waals surface area (Å²) in [5.41, 5.74) is 1.02. The summed E-state index contributed by atoms with van der Waals surface area (Å²) < 4.78 is 15.8. The fourth-order valence-corrected chi connectivity index (χ4v) is 3.72. The standard InChI is InChI=1S/C25H23NO6/c1-30-18-10-12-19(13-11-18)31-15-16-32-22(27)9-4-14-26-24(28)20-7-2-5-17-6-3-8-21(23(17)20)25(26)29/h2-3,5-8,10-13H,4,9,14-16H2,1H3. The minimum atomic E-state index is -0.400. The molecule has 0 unspecified atom stereocenters. The van der Waals surface area contributed by atoms with E-state index in [0.29, 0.717) is 28.7 Å². The SMILES string of the molecule is COc1ccc(OCCOC(=O)CCCN2C(=O)c3cccc4cccc(c34)C2=O)cc1. The van der Waals surface area contributed by atoms with Gasteiger partial charge in [0.05, 0.1) is 7.11 Å². The molecule has 0 radical (unpaired) electrons. The summed E-state index contributed by atoms with van der Waals surface area (Å²) in [4.78, 5) is 38.9. The molecule has 7 heteroatoms. The molecule has 4 rings (SSSR count). The van der Waals surface area contributed by atoms with Gasteiger partial charge in [-0.1, -0.05) is 24.3 Å². The van der Waals surface area contributed by atoms with Crippen LogP contribution in [0.1, 0.15) is 33.6 Å². The summed E-state index contributed by atoms with van der Waals surface area (Å²) in [5.74, 6) is 0.317. The second-order valence-corrected chi connectivity index (χ2v) is 7.32. The fraction of sp³-hybridized carbons (Fsp3) is 0.240. The van der Waals surface area contributed by atoms with Crippen LogP contribution in [0.3, 0.4) is 0 Å². The third-order valence-corrected chi connectivity index (χ3v) is 5.29. The van der Waals surface area contributed by atoms with Crippen LogP contribution in [0, 0.1) is 0 Å². The molecular formula is C25H23NO6. The van der Waals surface area contributed by atoms with Crippen molar-refractivity contribution in [2.75, 3.05) is 26.9 Å². The highest BCUT2D eigenvalue weighted by Crippen LogP contribution is 2.30. The first kappa shape index (κ1) is 21.4. The summed E-state index contributed by atoms with van der Waals surface area (Å²) in [6.45, 7) is 0.490. The minimum Gasteiger partial charge on any atom is -0.497 e. The lowest BCUT2D eigenvalue weighted by molar-refractivity contribution is -0.144. The van der Waals surface area contributed by atoms with Gasteiger partial charge >= 0.3 is 5.97 Å². The van der Waals surface area contributed by atoms with Crippen LogP contribution in [-0.2, 0) is 9.53 Å². The number of hydrogen-bond donors (Lipinski definition) is 0.